The second-order valence-corrected chi connectivity index (χ2v) is 13.3. The van der Waals surface area contributed by atoms with E-state index in [0.717, 1.165) is 22.6 Å². The number of aryl methyl sites for hydroxylation is 1. The fourth-order valence-electron chi connectivity index (χ4n) is 5.07. The second kappa shape index (κ2) is 13.0. The van der Waals surface area contributed by atoms with E-state index in [-0.39, 0.29) is 47.0 Å². The molecule has 230 valence electrons. The molecule has 1 aliphatic heterocycles. The van der Waals surface area contributed by atoms with E-state index in [4.69, 9.17) is 42.7 Å². The molecule has 0 bridgehead atoms. The van der Waals surface area contributed by atoms with E-state index in [0.29, 0.717) is 17.0 Å². The summed E-state index contributed by atoms with van der Waals surface area (Å²) in [5.41, 5.74) is 5.24. The first-order chi connectivity index (χ1) is 21.0. The number of amides is 1. The lowest BCUT2D eigenvalue weighted by atomic mass is 9.99. The van der Waals surface area contributed by atoms with Crippen molar-refractivity contribution in [2.45, 2.75) is 30.6 Å². The summed E-state index contributed by atoms with van der Waals surface area (Å²) in [6.45, 7) is 2.52. The number of carboxylic acid groups (broad SMARTS) is 2. The van der Waals surface area contributed by atoms with Gasteiger partial charge in [-0.2, -0.15) is 4.31 Å². The highest BCUT2D eigenvalue weighted by molar-refractivity contribution is 7.89. The summed E-state index contributed by atoms with van der Waals surface area (Å²) in [4.78, 5) is 23.9. The highest BCUT2D eigenvalue weighted by Crippen LogP contribution is 2.40. The van der Waals surface area contributed by atoms with E-state index in [9.17, 15) is 13.2 Å². The lowest BCUT2D eigenvalue weighted by Crippen LogP contribution is -2.50. The topological polar surface area (TPSA) is 141 Å². The number of benzene rings is 3. The number of rotatable bonds is 6. The summed E-state index contributed by atoms with van der Waals surface area (Å²) in [6, 6.07) is 20.8. The van der Waals surface area contributed by atoms with Gasteiger partial charge < -0.3 is 19.6 Å². The highest BCUT2D eigenvalue weighted by Gasteiger charge is 2.33. The Balaban J connectivity index is 0.000000906. The van der Waals surface area contributed by atoms with Crippen LogP contribution >= 0.6 is 23.2 Å². The predicted octanol–water partition coefficient (Wildman–Crippen LogP) is 6.87. The molecule has 1 amide bonds. The van der Waals surface area contributed by atoms with Gasteiger partial charge in [-0.15, -0.1) is 0 Å². The summed E-state index contributed by atoms with van der Waals surface area (Å²) in [5.74, 6) is 0.890. The van der Waals surface area contributed by atoms with Gasteiger partial charge in [0.2, 0.25) is 10.0 Å². The molecule has 0 unspecified atom stereocenters. The number of sulfonamides is 1. The first-order valence-corrected chi connectivity index (χ1v) is 16.0. The summed E-state index contributed by atoms with van der Waals surface area (Å²) >= 11 is 12.0. The van der Waals surface area contributed by atoms with Crippen molar-refractivity contribution in [1.29, 1.82) is 0 Å². The number of hydrogen-bond donors (Lipinski definition) is 2. The quantitative estimate of drug-likeness (QED) is 0.229. The zero-order valence-electron chi connectivity index (χ0n) is 23.6. The Labute approximate surface area is 264 Å². The minimum absolute atomic E-state index is 0.0705. The van der Waals surface area contributed by atoms with Crippen LogP contribution in [0.4, 0.5) is 4.79 Å². The van der Waals surface area contributed by atoms with Gasteiger partial charge in [-0.05, 0) is 60.6 Å². The van der Waals surface area contributed by atoms with Crippen LogP contribution in [0.3, 0.4) is 0 Å². The Kier molecular flexibility index (Phi) is 9.31. The van der Waals surface area contributed by atoms with Gasteiger partial charge >= 0.3 is 6.16 Å². The third-order valence-corrected chi connectivity index (χ3v) is 10.2. The normalized spacial score (nSPS) is 15.4. The number of carbonyl (C=O) groups excluding carboxylic acids is 1. The van der Waals surface area contributed by atoms with Crippen molar-refractivity contribution < 1.29 is 32.7 Å². The molecule has 2 heterocycles. The molecule has 13 heteroatoms. The van der Waals surface area contributed by atoms with Gasteiger partial charge in [-0.3, -0.25) is 4.79 Å². The highest BCUT2D eigenvalue weighted by atomic mass is 35.5. The van der Waals surface area contributed by atoms with E-state index >= 15 is 0 Å². The molecule has 6 rings (SSSR count). The van der Waals surface area contributed by atoms with Gasteiger partial charge in [0.05, 0.1) is 20.6 Å². The van der Waals surface area contributed by atoms with E-state index in [1.54, 1.807) is 11.8 Å². The maximum atomic E-state index is 13.6. The van der Waals surface area contributed by atoms with Crippen molar-refractivity contribution in [2.24, 2.45) is 0 Å². The Hall–Kier alpha value is -3.90. The summed E-state index contributed by atoms with van der Waals surface area (Å²) < 4.78 is 33.2. The molecule has 3 aromatic carbocycles. The van der Waals surface area contributed by atoms with Crippen molar-refractivity contribution >= 4 is 45.3 Å². The number of hydrogen-bond acceptors (Lipinski definition) is 6. The van der Waals surface area contributed by atoms with Crippen LogP contribution in [0, 0.1) is 6.92 Å². The average Bonchev–Trinajstić information content (AvgIpc) is 3.79. The molecule has 0 spiro atoms. The van der Waals surface area contributed by atoms with Crippen molar-refractivity contribution in [3.63, 3.8) is 0 Å². The second-order valence-electron chi connectivity index (χ2n) is 10.5. The van der Waals surface area contributed by atoms with Crippen LogP contribution in [0.15, 0.2) is 76.1 Å². The van der Waals surface area contributed by atoms with Crippen molar-refractivity contribution in [3.05, 3.63) is 93.6 Å². The number of piperazine rings is 1. The molecule has 44 heavy (non-hydrogen) atoms. The Morgan fingerprint density at radius 2 is 1.39 bits per heavy atom. The molecular weight excluding hydrogens is 629 g/mol. The van der Waals surface area contributed by atoms with Crippen LogP contribution in [-0.4, -0.2) is 71.2 Å². The smallest absolute Gasteiger partial charge is 0.450 e. The van der Waals surface area contributed by atoms with Crippen molar-refractivity contribution in [1.82, 2.24) is 14.4 Å². The minimum atomic E-state index is -3.77. The molecule has 2 N–H and O–H groups in total. The number of aromatic nitrogens is 1. The largest absolute Gasteiger partial charge is 0.503 e. The van der Waals surface area contributed by atoms with E-state index < -0.39 is 16.2 Å². The molecule has 10 nitrogen and oxygen atoms in total. The maximum absolute atomic E-state index is 13.6. The molecule has 1 saturated heterocycles. The summed E-state index contributed by atoms with van der Waals surface area (Å²) in [6.07, 6.45) is 0.721. The molecule has 2 aliphatic rings. The third-order valence-electron chi connectivity index (χ3n) is 7.57. The predicted molar refractivity (Wildman–Crippen MR) is 166 cm³/mol. The number of carbonyl (C=O) groups is 2. The van der Waals surface area contributed by atoms with Crippen molar-refractivity contribution in [2.75, 3.05) is 26.2 Å². The molecule has 0 atom stereocenters. The van der Waals surface area contributed by atoms with Gasteiger partial charge in [0, 0.05) is 31.7 Å². The van der Waals surface area contributed by atoms with Crippen LogP contribution < -0.4 is 0 Å². The van der Waals surface area contributed by atoms with Gasteiger partial charge in [0.15, 0.2) is 5.76 Å². The molecule has 1 aromatic heterocycles. The zero-order chi connectivity index (χ0) is 31.6. The number of nitrogens with zero attached hydrogens (tertiary/aromatic N) is 3. The fraction of sp³-hybridized carbons (Fsp3) is 0.258. The van der Waals surface area contributed by atoms with Crippen LogP contribution in [0.5, 0.6) is 0 Å². The van der Waals surface area contributed by atoms with Crippen LogP contribution in [-0.2, 0) is 10.0 Å². The van der Waals surface area contributed by atoms with Crippen LogP contribution in [0.1, 0.15) is 40.4 Å². The molecule has 0 radical (unpaired) electrons. The molecule has 4 aromatic rings. The van der Waals surface area contributed by atoms with Gasteiger partial charge in [0.25, 0.3) is 5.91 Å². The molecule has 1 aliphatic carbocycles. The van der Waals surface area contributed by atoms with Crippen molar-refractivity contribution in [3.8, 4) is 22.5 Å². The third kappa shape index (κ3) is 6.91. The summed E-state index contributed by atoms with van der Waals surface area (Å²) in [7, 11) is -3.77. The summed E-state index contributed by atoms with van der Waals surface area (Å²) in [5, 5.41) is 18.5. The molecule has 1 saturated carbocycles. The average molecular weight is 659 g/mol. The first kappa shape index (κ1) is 31.5. The molecular formula is C31H29Cl2N3O7S. The Bertz CT molecular complexity index is 1780. The van der Waals surface area contributed by atoms with Gasteiger partial charge in [-0.1, -0.05) is 76.9 Å². The lowest BCUT2D eigenvalue weighted by Gasteiger charge is -2.34. The van der Waals surface area contributed by atoms with Gasteiger partial charge in [0.1, 0.15) is 5.56 Å². The molecule has 2 fully saturated rings. The zero-order valence-corrected chi connectivity index (χ0v) is 25.9. The van der Waals surface area contributed by atoms with E-state index in [2.05, 4.69) is 29.4 Å². The fourth-order valence-corrected chi connectivity index (χ4v) is 6.88. The Morgan fingerprint density at radius 3 is 1.93 bits per heavy atom. The van der Waals surface area contributed by atoms with Crippen LogP contribution in [0.2, 0.25) is 10.0 Å². The standard InChI is InChI=1S/C30H27Cl2N3O4S.CH2O3/c1-19-28(30(36)34-14-16-35(17-15-34)40(37,38)25-12-13-26(31)27(32)18-25)29(39-33-19)24-10-8-23(9-11-24)22-6-4-21(5-7-22)20-2-3-20;2-1(3)4/h4-13,18,20H,2-3,14-17H2,1H3;(H2,2,3,4). The first-order valence-electron chi connectivity index (χ1n) is 13.8. The monoisotopic (exact) mass is 657 g/mol. The number of halogens is 2. The van der Waals surface area contributed by atoms with Crippen LogP contribution in [0.25, 0.3) is 22.5 Å². The maximum Gasteiger partial charge on any atom is 0.503 e. The minimum Gasteiger partial charge on any atom is -0.450 e. The SMILES string of the molecule is Cc1noc(-c2ccc(-c3ccc(C4CC4)cc3)cc2)c1C(=O)N1CCN(S(=O)(=O)c2ccc(Cl)c(Cl)c2)CC1.O=C(O)O. The lowest BCUT2D eigenvalue weighted by molar-refractivity contribution is 0.0697. The van der Waals surface area contributed by atoms with E-state index in [1.165, 1.54) is 40.9 Å². The van der Waals surface area contributed by atoms with E-state index in [1.807, 2.05) is 24.3 Å². The Morgan fingerprint density at radius 1 is 0.841 bits per heavy atom. The van der Waals surface area contributed by atoms with Gasteiger partial charge in [-0.25, -0.2) is 13.2 Å².